The molecule has 8 aromatic carbocycles. The molecule has 0 N–H and O–H groups in total. The van der Waals surface area contributed by atoms with E-state index in [1.807, 2.05) is 12.3 Å². The van der Waals surface area contributed by atoms with Crippen molar-refractivity contribution >= 4 is 38.9 Å². The molecule has 0 unspecified atom stereocenters. The van der Waals surface area contributed by atoms with Gasteiger partial charge in [0.05, 0.1) is 0 Å². The summed E-state index contributed by atoms with van der Waals surface area (Å²) in [5, 5.41) is 2.19. The molecule has 0 fully saturated rings. The third-order valence-electron chi connectivity index (χ3n) is 14.9. The van der Waals surface area contributed by atoms with Crippen LogP contribution in [0.2, 0.25) is 0 Å². The van der Waals surface area contributed by atoms with Crippen molar-refractivity contribution in [1.29, 1.82) is 0 Å². The second-order valence-electron chi connectivity index (χ2n) is 24.8. The first kappa shape index (κ1) is 53.9. The number of nitrogens with zero attached hydrogens (tertiary/aromatic N) is 4. The van der Waals surface area contributed by atoms with Gasteiger partial charge in [-0.05, 0) is 119 Å². The Morgan fingerprint density at radius 2 is 1.06 bits per heavy atom. The van der Waals surface area contributed by atoms with Gasteiger partial charge in [-0.25, -0.2) is 4.98 Å². The van der Waals surface area contributed by atoms with Crippen molar-refractivity contribution in [3.05, 3.63) is 241 Å². The van der Waals surface area contributed by atoms with E-state index in [1.165, 1.54) is 33.4 Å². The number of fused-ring (bicyclic) bond motifs is 3. The fourth-order valence-corrected chi connectivity index (χ4v) is 10.7. The minimum atomic E-state index is -0.153. The van der Waals surface area contributed by atoms with Crippen LogP contribution in [-0.2, 0) is 42.7 Å². The third-order valence-corrected chi connectivity index (χ3v) is 14.9. The molecule has 0 spiro atoms. The second-order valence-corrected chi connectivity index (χ2v) is 24.8. The number of hydrogen-bond donors (Lipinski definition) is 0. The van der Waals surface area contributed by atoms with Crippen molar-refractivity contribution in [3.63, 3.8) is 0 Å². The van der Waals surface area contributed by atoms with Gasteiger partial charge in [0.1, 0.15) is 5.82 Å². The molecule has 10 aromatic rings. The number of rotatable bonds is 9. The number of ether oxygens (including phenoxy) is 1. The summed E-state index contributed by atoms with van der Waals surface area (Å²) >= 11 is 0. The molecule has 0 saturated heterocycles. The minimum Gasteiger partial charge on any atom is -0.509 e. The van der Waals surface area contributed by atoms with Crippen molar-refractivity contribution in [2.45, 2.75) is 105 Å². The molecule has 0 bridgehead atoms. The van der Waals surface area contributed by atoms with Gasteiger partial charge in [0.15, 0.2) is 0 Å². The molecular weight excluding hydrogens is 1130 g/mol. The Morgan fingerprint density at radius 1 is 0.462 bits per heavy atom. The van der Waals surface area contributed by atoms with E-state index in [4.69, 9.17) is 9.72 Å². The normalized spacial score (nSPS) is 13.3. The summed E-state index contributed by atoms with van der Waals surface area (Å²) in [6, 6.07) is 72.9. The molecule has 0 atom stereocenters. The first-order chi connectivity index (χ1) is 36.7. The van der Waals surface area contributed by atoms with Crippen molar-refractivity contribution in [2.24, 2.45) is 0 Å². The van der Waals surface area contributed by atoms with Crippen LogP contribution in [0.4, 0.5) is 11.4 Å². The van der Waals surface area contributed by atoms with E-state index in [9.17, 15) is 0 Å². The summed E-state index contributed by atoms with van der Waals surface area (Å²) in [7, 11) is 0. The summed E-state index contributed by atoms with van der Waals surface area (Å²) in [6.45, 7) is 29.7. The smallest absolute Gasteiger partial charge is 0.136 e. The van der Waals surface area contributed by atoms with Gasteiger partial charge in [-0.15, -0.1) is 53.6 Å². The molecule has 3 heterocycles. The van der Waals surface area contributed by atoms with Gasteiger partial charge in [0.2, 0.25) is 0 Å². The quantitative estimate of drug-likeness (QED) is 0.135. The van der Waals surface area contributed by atoms with Gasteiger partial charge in [-0.2, -0.15) is 6.07 Å². The van der Waals surface area contributed by atoms with Crippen molar-refractivity contribution < 1.29 is 25.8 Å². The molecule has 6 heteroatoms. The predicted octanol–water partition coefficient (Wildman–Crippen LogP) is 19.2. The topological polar surface area (TPSA) is 33.5 Å². The van der Waals surface area contributed by atoms with Crippen LogP contribution < -0.4 is 14.5 Å². The average Bonchev–Trinajstić information content (AvgIpc) is 4.21. The maximum Gasteiger partial charge on any atom is 0.136 e. The monoisotopic (exact) mass is 1200 g/mol. The molecule has 0 radical (unpaired) electrons. The molecule has 0 aliphatic carbocycles. The summed E-state index contributed by atoms with van der Waals surface area (Å²) < 4.78 is 9.32. The zero-order valence-electron chi connectivity index (χ0n) is 47.1. The SMILES string of the molecule is CC(C)(C)c1ccc(-c2cc(Oc3[c-]c4c(cc3)c3ccccc3n4-c3cc(-c4ccc(C(C)(C)C)cc4C(C)(C)C)ccn3)[c-]c(N3C=C(c4ccccc4)N(c4cccc(-c5ccccc5)c4)[CH-]3)c2)c(C(C)(C)C)c1.[Pt]. The number of benzene rings is 8. The van der Waals surface area contributed by atoms with E-state index in [0.717, 1.165) is 72.5 Å². The summed E-state index contributed by atoms with van der Waals surface area (Å²) in [4.78, 5) is 9.53. The molecule has 0 saturated carbocycles. The fourth-order valence-electron chi connectivity index (χ4n) is 10.7. The Labute approximate surface area is 477 Å². The fraction of sp³-hybridized carbons (Fsp3) is 0.222. The maximum atomic E-state index is 7.09. The van der Waals surface area contributed by atoms with Gasteiger partial charge in [0.25, 0.3) is 0 Å². The number of aromatic nitrogens is 2. The Kier molecular flexibility index (Phi) is 14.3. The molecule has 1 aliphatic heterocycles. The first-order valence-corrected chi connectivity index (χ1v) is 27.0. The zero-order chi connectivity index (χ0) is 54.0. The number of anilines is 2. The molecule has 2 aromatic heterocycles. The van der Waals surface area contributed by atoms with E-state index < -0.39 is 0 Å². The minimum absolute atomic E-state index is 0. The predicted molar refractivity (Wildman–Crippen MR) is 324 cm³/mol. The zero-order valence-corrected chi connectivity index (χ0v) is 49.3. The first-order valence-electron chi connectivity index (χ1n) is 27.0. The molecule has 5 nitrogen and oxygen atoms in total. The van der Waals surface area contributed by atoms with E-state index in [1.54, 1.807) is 0 Å². The van der Waals surface area contributed by atoms with E-state index in [0.29, 0.717) is 11.5 Å². The number of pyridine rings is 1. The van der Waals surface area contributed by atoms with Crippen LogP contribution in [0.25, 0.3) is 66.7 Å². The third kappa shape index (κ3) is 10.7. The van der Waals surface area contributed by atoms with Crippen LogP contribution in [0.3, 0.4) is 0 Å². The van der Waals surface area contributed by atoms with Crippen molar-refractivity contribution in [1.82, 2.24) is 9.55 Å². The molecule has 0 amide bonds. The van der Waals surface area contributed by atoms with Crippen LogP contribution in [0.1, 0.15) is 111 Å². The van der Waals surface area contributed by atoms with Gasteiger partial charge in [-0.1, -0.05) is 216 Å². The Balaban J connectivity index is 0.00000688. The molecule has 11 rings (SSSR count). The van der Waals surface area contributed by atoms with E-state index in [2.05, 4.69) is 298 Å². The Bertz CT molecular complexity index is 3860. The van der Waals surface area contributed by atoms with Crippen LogP contribution in [-0.4, -0.2) is 9.55 Å². The van der Waals surface area contributed by atoms with Crippen LogP contribution in [0, 0.1) is 18.8 Å². The van der Waals surface area contributed by atoms with Gasteiger partial charge in [0, 0.05) is 55.7 Å². The number of hydrogen-bond acceptors (Lipinski definition) is 4. The van der Waals surface area contributed by atoms with Crippen LogP contribution in [0.5, 0.6) is 11.5 Å². The molecule has 396 valence electrons. The molecule has 78 heavy (non-hydrogen) atoms. The largest absolute Gasteiger partial charge is 0.509 e. The van der Waals surface area contributed by atoms with Gasteiger partial charge < -0.3 is 19.1 Å². The average molecular weight is 1200 g/mol. The van der Waals surface area contributed by atoms with E-state index in [-0.39, 0.29) is 42.7 Å². The van der Waals surface area contributed by atoms with Crippen LogP contribution >= 0.6 is 0 Å². The molecular formula is C72H69N4OPt-3. The van der Waals surface area contributed by atoms with Crippen LogP contribution in [0.15, 0.2) is 194 Å². The van der Waals surface area contributed by atoms with E-state index >= 15 is 0 Å². The van der Waals surface area contributed by atoms with Gasteiger partial charge >= 0.3 is 0 Å². The Hall–Kier alpha value is -7.46. The maximum absolute atomic E-state index is 7.09. The summed E-state index contributed by atoms with van der Waals surface area (Å²) in [5.74, 6) is 1.97. The van der Waals surface area contributed by atoms with Crippen molar-refractivity contribution in [2.75, 3.05) is 9.80 Å². The second kappa shape index (κ2) is 20.7. The Morgan fingerprint density at radius 3 is 1.71 bits per heavy atom. The van der Waals surface area contributed by atoms with Crippen molar-refractivity contribution in [3.8, 4) is 50.7 Å². The standard InChI is InChI=1S/C72H69N4O.Pt/c1-69(2,3)53-30-33-59(63(42-53)71(7,8)9)51-36-37-73-68(41-51)76-65-29-20-19-28-61(65)62-35-32-57(45-66(62)76)77-58-40-52(60-34-31-54(70(4,5)6)43-64(60)72(10,11)12)39-56(44-58)74-46-67(49-24-17-14-18-25-49)75(47-74)55-27-21-26-50(38-55)48-22-15-13-16-23-48;/h13-43,46-47H,1-12H3;/q-3;. The number of para-hydroxylation sites is 1. The summed E-state index contributed by atoms with van der Waals surface area (Å²) in [6.07, 6.45) is 4.14. The van der Waals surface area contributed by atoms with Gasteiger partial charge in [-0.3, -0.25) is 0 Å². The summed E-state index contributed by atoms with van der Waals surface area (Å²) in [5.41, 5.74) is 17.8. The molecule has 1 aliphatic rings.